The molecule has 0 bridgehead atoms. The third-order valence-corrected chi connectivity index (χ3v) is 6.26. The van der Waals surface area contributed by atoms with E-state index in [1.165, 1.54) is 0 Å². The summed E-state index contributed by atoms with van der Waals surface area (Å²) in [7, 11) is 1.66. The second-order valence-electron chi connectivity index (χ2n) is 8.83. The molecule has 0 heterocycles. The quantitative estimate of drug-likeness (QED) is 0.289. The van der Waals surface area contributed by atoms with Crippen molar-refractivity contribution in [3.05, 3.63) is 23.3 Å². The Morgan fingerprint density at radius 3 is 2.50 bits per heavy atom. The molecule has 186 valence electrons. The first-order chi connectivity index (χ1) is 15.3. The summed E-state index contributed by atoms with van der Waals surface area (Å²) in [4.78, 5) is 13.0. The van der Waals surface area contributed by atoms with Gasteiger partial charge >= 0.3 is 5.97 Å². The van der Waals surface area contributed by atoms with Crippen molar-refractivity contribution >= 4 is 5.97 Å². The molecule has 0 aromatic heterocycles. The number of esters is 1. The van der Waals surface area contributed by atoms with Crippen molar-refractivity contribution in [3.8, 4) is 0 Å². The Morgan fingerprint density at radius 2 is 1.91 bits per heavy atom. The van der Waals surface area contributed by atoms with E-state index in [-0.39, 0.29) is 49.1 Å². The molecule has 1 rings (SSSR count). The van der Waals surface area contributed by atoms with Gasteiger partial charge in [-0.05, 0) is 56.4 Å². The third kappa shape index (κ3) is 8.94. The van der Waals surface area contributed by atoms with Gasteiger partial charge in [0.25, 0.3) is 0 Å². The molecule has 7 nitrogen and oxygen atoms in total. The van der Waals surface area contributed by atoms with E-state index in [2.05, 4.69) is 0 Å². The molecule has 0 amide bonds. The summed E-state index contributed by atoms with van der Waals surface area (Å²) < 4.78 is 16.8. The van der Waals surface area contributed by atoms with Gasteiger partial charge in [0.1, 0.15) is 6.10 Å². The molecule has 0 spiro atoms. The molecule has 7 heteroatoms. The van der Waals surface area contributed by atoms with Crippen LogP contribution in [0.5, 0.6) is 0 Å². The van der Waals surface area contributed by atoms with Crippen molar-refractivity contribution in [1.82, 2.24) is 0 Å². The summed E-state index contributed by atoms with van der Waals surface area (Å²) in [6.07, 6.45) is 5.73. The fraction of sp³-hybridized carbons (Fsp3) is 0.800. The van der Waals surface area contributed by atoms with Crippen LogP contribution in [0, 0.1) is 17.8 Å². The largest absolute Gasteiger partial charge is 0.462 e. The molecule has 1 aliphatic rings. The maximum Gasteiger partial charge on any atom is 0.314 e. The number of carbonyl (C=O) groups excluding carboxylic acids is 1. The highest BCUT2D eigenvalue weighted by atomic mass is 16.5. The molecule has 0 saturated carbocycles. The molecule has 32 heavy (non-hydrogen) atoms. The zero-order chi connectivity index (χ0) is 24.1. The summed E-state index contributed by atoms with van der Waals surface area (Å²) in [5.74, 6) is -0.412. The highest BCUT2D eigenvalue weighted by molar-refractivity contribution is 5.81. The van der Waals surface area contributed by atoms with Crippen molar-refractivity contribution in [2.24, 2.45) is 17.8 Å². The lowest BCUT2D eigenvalue weighted by atomic mass is 9.66. The highest BCUT2D eigenvalue weighted by Crippen LogP contribution is 2.45. The predicted molar refractivity (Wildman–Crippen MR) is 124 cm³/mol. The van der Waals surface area contributed by atoms with E-state index in [1.807, 2.05) is 33.8 Å². The molecular formula is C25H44O7. The van der Waals surface area contributed by atoms with Crippen LogP contribution in [0.25, 0.3) is 0 Å². The Bertz CT molecular complexity index is 601. The number of carbonyl (C=O) groups is 1. The lowest BCUT2D eigenvalue weighted by molar-refractivity contribution is -0.156. The molecule has 0 aromatic rings. The van der Waals surface area contributed by atoms with Crippen molar-refractivity contribution in [1.29, 1.82) is 0 Å². The first-order valence-electron chi connectivity index (χ1n) is 11.9. The van der Waals surface area contributed by atoms with Gasteiger partial charge in [0.2, 0.25) is 0 Å². The monoisotopic (exact) mass is 456 g/mol. The summed E-state index contributed by atoms with van der Waals surface area (Å²) in [6, 6.07) is 0. The van der Waals surface area contributed by atoms with Crippen LogP contribution in [0.1, 0.15) is 59.8 Å². The van der Waals surface area contributed by atoms with Gasteiger partial charge < -0.3 is 29.5 Å². The van der Waals surface area contributed by atoms with Crippen molar-refractivity contribution in [2.45, 2.75) is 78.1 Å². The van der Waals surface area contributed by atoms with Gasteiger partial charge in [-0.2, -0.15) is 0 Å². The standard InChI is InChI=1S/C25H44O7/c1-6-13-31-21(10-12-26)15-23-18(3)24(22(23)9-7-8-20(28)16-27)25(29)32-19(4)17(2)11-14-30-5/h7,9,17-21,24,26-28H,6,8,10-16H2,1-5H3/b9-7+/t17-,18?,19+,20+,21?,24?/m1/s1. The molecule has 1 aliphatic carbocycles. The zero-order valence-electron chi connectivity index (χ0n) is 20.5. The molecular weight excluding hydrogens is 412 g/mol. The lowest BCUT2D eigenvalue weighted by Crippen LogP contribution is -2.39. The minimum absolute atomic E-state index is 0.0119. The topological polar surface area (TPSA) is 105 Å². The average Bonchev–Trinajstić information content (AvgIpc) is 2.77. The van der Waals surface area contributed by atoms with Crippen LogP contribution in [-0.2, 0) is 19.0 Å². The summed E-state index contributed by atoms with van der Waals surface area (Å²) >= 11 is 0. The van der Waals surface area contributed by atoms with E-state index in [4.69, 9.17) is 19.3 Å². The summed E-state index contributed by atoms with van der Waals surface area (Å²) in [6.45, 7) is 9.02. The maximum atomic E-state index is 13.0. The Kier molecular flexibility index (Phi) is 14.0. The van der Waals surface area contributed by atoms with Crippen LogP contribution in [-0.4, -0.2) is 73.1 Å². The molecule has 0 fully saturated rings. The molecule has 0 saturated heterocycles. The highest BCUT2D eigenvalue weighted by Gasteiger charge is 2.43. The van der Waals surface area contributed by atoms with Gasteiger partial charge in [-0.15, -0.1) is 0 Å². The SMILES string of the molecule is CCCOC(CCO)CC1=C(/C=C/C[C@H](O)CO)C(C(=O)O[C@@H](C)[C@H](C)CCOC)C1C. The molecule has 0 radical (unpaired) electrons. The van der Waals surface area contributed by atoms with Crippen molar-refractivity contribution in [2.75, 3.05) is 33.5 Å². The van der Waals surface area contributed by atoms with Gasteiger partial charge in [-0.3, -0.25) is 4.79 Å². The number of ether oxygens (including phenoxy) is 3. The minimum atomic E-state index is -0.824. The van der Waals surface area contributed by atoms with E-state index in [9.17, 15) is 15.0 Å². The van der Waals surface area contributed by atoms with E-state index in [0.717, 1.165) is 24.0 Å². The smallest absolute Gasteiger partial charge is 0.314 e. The number of methoxy groups -OCH3 is 1. The summed E-state index contributed by atoms with van der Waals surface area (Å²) in [5, 5.41) is 28.1. The average molecular weight is 457 g/mol. The molecule has 6 atom stereocenters. The minimum Gasteiger partial charge on any atom is -0.462 e. The molecule has 0 aliphatic heterocycles. The maximum absolute atomic E-state index is 13.0. The fourth-order valence-corrected chi connectivity index (χ4v) is 3.94. The van der Waals surface area contributed by atoms with Crippen LogP contribution in [0.4, 0.5) is 0 Å². The van der Waals surface area contributed by atoms with Crippen LogP contribution in [0.3, 0.4) is 0 Å². The first-order valence-corrected chi connectivity index (χ1v) is 11.9. The van der Waals surface area contributed by atoms with Crippen molar-refractivity contribution < 1.29 is 34.3 Å². The predicted octanol–water partition coefficient (Wildman–Crippen LogP) is 3.02. The van der Waals surface area contributed by atoms with Gasteiger partial charge in [-0.1, -0.05) is 38.5 Å². The van der Waals surface area contributed by atoms with Gasteiger partial charge in [0, 0.05) is 26.9 Å². The number of hydrogen-bond acceptors (Lipinski definition) is 7. The van der Waals surface area contributed by atoms with Crippen LogP contribution in [0.2, 0.25) is 0 Å². The van der Waals surface area contributed by atoms with Crippen molar-refractivity contribution in [3.63, 3.8) is 0 Å². The molecule has 0 aromatic carbocycles. The first kappa shape index (κ1) is 28.8. The second kappa shape index (κ2) is 15.6. The zero-order valence-corrected chi connectivity index (χ0v) is 20.5. The van der Waals surface area contributed by atoms with E-state index >= 15 is 0 Å². The van der Waals surface area contributed by atoms with Crippen LogP contribution < -0.4 is 0 Å². The van der Waals surface area contributed by atoms with E-state index < -0.39 is 6.10 Å². The Balaban J connectivity index is 2.99. The number of hydrogen-bond donors (Lipinski definition) is 3. The fourth-order valence-electron chi connectivity index (χ4n) is 3.94. The number of rotatable bonds is 17. The molecule has 3 N–H and O–H groups in total. The van der Waals surface area contributed by atoms with E-state index in [0.29, 0.717) is 32.5 Å². The van der Waals surface area contributed by atoms with Gasteiger partial charge in [0.05, 0.1) is 24.7 Å². The van der Waals surface area contributed by atoms with Crippen LogP contribution >= 0.6 is 0 Å². The Labute approximate surface area is 193 Å². The Hall–Kier alpha value is -1.25. The van der Waals surface area contributed by atoms with Crippen LogP contribution in [0.15, 0.2) is 23.3 Å². The molecule has 3 unspecified atom stereocenters. The lowest BCUT2D eigenvalue weighted by Gasteiger charge is -2.40. The summed E-state index contributed by atoms with van der Waals surface area (Å²) in [5.41, 5.74) is 2.02. The van der Waals surface area contributed by atoms with E-state index in [1.54, 1.807) is 13.2 Å². The number of aliphatic hydroxyl groups excluding tert-OH is 3. The van der Waals surface area contributed by atoms with Gasteiger partial charge in [-0.25, -0.2) is 0 Å². The second-order valence-corrected chi connectivity index (χ2v) is 8.83. The number of allylic oxidation sites excluding steroid dienone is 1. The third-order valence-electron chi connectivity index (χ3n) is 6.26. The van der Waals surface area contributed by atoms with Gasteiger partial charge in [0.15, 0.2) is 0 Å². The Morgan fingerprint density at radius 1 is 1.19 bits per heavy atom. The normalized spacial score (nSPS) is 22.5. The number of aliphatic hydroxyl groups is 3.